The lowest BCUT2D eigenvalue weighted by atomic mass is 9.78. The molecule has 0 aliphatic heterocycles. The standard InChI is InChI=1S/C20H26O2/c1-15(2)13-14-22-19-11-7-17(8-12-19)20(3,4)16-5-9-18(21)10-6-16/h5-12,15,21H,13-14H2,1-4H3. The van der Waals surface area contributed by atoms with Gasteiger partial charge in [0.2, 0.25) is 0 Å². The number of aromatic hydroxyl groups is 1. The van der Waals surface area contributed by atoms with Gasteiger partial charge in [0, 0.05) is 5.41 Å². The van der Waals surface area contributed by atoms with Crippen LogP contribution in [0.1, 0.15) is 45.2 Å². The first-order valence-electron chi connectivity index (χ1n) is 7.92. The maximum Gasteiger partial charge on any atom is 0.119 e. The normalized spacial score (nSPS) is 11.7. The van der Waals surface area contributed by atoms with Gasteiger partial charge in [0.15, 0.2) is 0 Å². The van der Waals surface area contributed by atoms with Crippen LogP contribution in [0.2, 0.25) is 0 Å². The highest BCUT2D eigenvalue weighted by atomic mass is 16.5. The van der Waals surface area contributed by atoms with E-state index in [9.17, 15) is 5.11 Å². The summed E-state index contributed by atoms with van der Waals surface area (Å²) in [5, 5.41) is 9.43. The predicted octanol–water partition coefficient (Wildman–Crippen LogP) is 5.14. The molecular formula is C20H26O2. The van der Waals surface area contributed by atoms with E-state index in [1.165, 1.54) is 11.1 Å². The minimum Gasteiger partial charge on any atom is -0.508 e. The van der Waals surface area contributed by atoms with E-state index in [0.29, 0.717) is 11.7 Å². The van der Waals surface area contributed by atoms with Crippen molar-refractivity contribution in [3.8, 4) is 11.5 Å². The van der Waals surface area contributed by atoms with E-state index in [1.54, 1.807) is 12.1 Å². The van der Waals surface area contributed by atoms with Gasteiger partial charge in [-0.25, -0.2) is 0 Å². The highest BCUT2D eigenvalue weighted by Crippen LogP contribution is 2.33. The second kappa shape index (κ2) is 6.87. The molecule has 0 aliphatic carbocycles. The fourth-order valence-corrected chi connectivity index (χ4v) is 2.43. The summed E-state index contributed by atoms with van der Waals surface area (Å²) in [6.45, 7) is 9.54. The van der Waals surface area contributed by atoms with Gasteiger partial charge in [0.25, 0.3) is 0 Å². The smallest absolute Gasteiger partial charge is 0.119 e. The summed E-state index contributed by atoms with van der Waals surface area (Å²) in [6, 6.07) is 15.7. The molecule has 0 atom stereocenters. The SMILES string of the molecule is CC(C)CCOc1ccc(C(C)(C)c2ccc(O)cc2)cc1. The van der Waals surface area contributed by atoms with E-state index in [2.05, 4.69) is 39.8 Å². The van der Waals surface area contributed by atoms with E-state index in [0.717, 1.165) is 18.8 Å². The molecule has 2 rings (SSSR count). The Morgan fingerprint density at radius 1 is 0.909 bits per heavy atom. The summed E-state index contributed by atoms with van der Waals surface area (Å²) < 4.78 is 5.77. The lowest BCUT2D eigenvalue weighted by Gasteiger charge is -2.26. The van der Waals surface area contributed by atoms with Crippen molar-refractivity contribution >= 4 is 0 Å². The van der Waals surface area contributed by atoms with Crippen molar-refractivity contribution in [2.24, 2.45) is 5.92 Å². The maximum atomic E-state index is 9.43. The molecule has 2 nitrogen and oxygen atoms in total. The molecule has 0 heterocycles. The molecule has 0 bridgehead atoms. The van der Waals surface area contributed by atoms with Gasteiger partial charge in [-0.1, -0.05) is 52.0 Å². The quantitative estimate of drug-likeness (QED) is 0.800. The van der Waals surface area contributed by atoms with E-state index < -0.39 is 0 Å². The number of phenolic OH excluding ortho intramolecular Hbond substituents is 1. The molecule has 0 fully saturated rings. The topological polar surface area (TPSA) is 29.5 Å². The summed E-state index contributed by atoms with van der Waals surface area (Å²) in [4.78, 5) is 0. The lowest BCUT2D eigenvalue weighted by molar-refractivity contribution is 0.289. The monoisotopic (exact) mass is 298 g/mol. The van der Waals surface area contributed by atoms with Crippen molar-refractivity contribution < 1.29 is 9.84 Å². The van der Waals surface area contributed by atoms with Gasteiger partial charge in [0.1, 0.15) is 11.5 Å². The number of hydrogen-bond donors (Lipinski definition) is 1. The van der Waals surface area contributed by atoms with Gasteiger partial charge in [-0.2, -0.15) is 0 Å². The Kier molecular flexibility index (Phi) is 5.12. The number of ether oxygens (including phenoxy) is 1. The Labute approximate surface area is 133 Å². The zero-order valence-corrected chi connectivity index (χ0v) is 14.0. The zero-order chi connectivity index (χ0) is 16.2. The molecule has 0 aliphatic rings. The molecule has 1 N–H and O–H groups in total. The summed E-state index contributed by atoms with van der Waals surface area (Å²) in [7, 11) is 0. The van der Waals surface area contributed by atoms with Gasteiger partial charge < -0.3 is 9.84 Å². The van der Waals surface area contributed by atoms with Gasteiger partial charge in [-0.3, -0.25) is 0 Å². The molecule has 0 saturated heterocycles. The Hall–Kier alpha value is -1.96. The second-order valence-electron chi connectivity index (χ2n) is 6.73. The summed E-state index contributed by atoms with van der Waals surface area (Å²) in [6.07, 6.45) is 1.07. The van der Waals surface area contributed by atoms with Crippen molar-refractivity contribution in [3.63, 3.8) is 0 Å². The molecule has 2 heteroatoms. The Bertz CT molecular complexity index is 580. The Morgan fingerprint density at radius 3 is 1.91 bits per heavy atom. The fourth-order valence-electron chi connectivity index (χ4n) is 2.43. The molecule has 2 aromatic carbocycles. The molecule has 0 amide bonds. The molecule has 0 spiro atoms. The third-order valence-electron chi connectivity index (χ3n) is 4.13. The molecule has 0 aromatic heterocycles. The van der Waals surface area contributed by atoms with Crippen molar-refractivity contribution in [1.29, 1.82) is 0 Å². The minimum atomic E-state index is -0.107. The number of hydrogen-bond acceptors (Lipinski definition) is 2. The van der Waals surface area contributed by atoms with Crippen LogP contribution in [-0.4, -0.2) is 11.7 Å². The molecular weight excluding hydrogens is 272 g/mol. The molecule has 0 saturated carbocycles. The Balaban J connectivity index is 2.10. The maximum absolute atomic E-state index is 9.43. The number of phenols is 1. The molecule has 2 aromatic rings. The van der Waals surface area contributed by atoms with Crippen LogP contribution in [0.25, 0.3) is 0 Å². The fraction of sp³-hybridized carbons (Fsp3) is 0.400. The van der Waals surface area contributed by atoms with Gasteiger partial charge in [0.05, 0.1) is 6.61 Å². The molecule has 118 valence electrons. The van der Waals surface area contributed by atoms with Crippen LogP contribution in [-0.2, 0) is 5.41 Å². The number of rotatable bonds is 6. The van der Waals surface area contributed by atoms with Crippen LogP contribution in [0, 0.1) is 5.92 Å². The third-order valence-corrected chi connectivity index (χ3v) is 4.13. The first-order chi connectivity index (χ1) is 10.4. The first-order valence-corrected chi connectivity index (χ1v) is 7.92. The predicted molar refractivity (Wildman–Crippen MR) is 91.6 cm³/mol. The van der Waals surface area contributed by atoms with E-state index in [1.807, 2.05) is 24.3 Å². The van der Waals surface area contributed by atoms with Crippen LogP contribution in [0.15, 0.2) is 48.5 Å². The van der Waals surface area contributed by atoms with E-state index in [-0.39, 0.29) is 5.41 Å². The minimum absolute atomic E-state index is 0.107. The van der Waals surface area contributed by atoms with Crippen LogP contribution in [0.4, 0.5) is 0 Å². The van der Waals surface area contributed by atoms with Crippen LogP contribution < -0.4 is 4.74 Å². The highest BCUT2D eigenvalue weighted by Gasteiger charge is 2.22. The Morgan fingerprint density at radius 2 is 1.41 bits per heavy atom. The van der Waals surface area contributed by atoms with E-state index >= 15 is 0 Å². The van der Waals surface area contributed by atoms with Crippen LogP contribution >= 0.6 is 0 Å². The van der Waals surface area contributed by atoms with Gasteiger partial charge in [-0.15, -0.1) is 0 Å². The zero-order valence-electron chi connectivity index (χ0n) is 14.0. The first kappa shape index (κ1) is 16.4. The van der Waals surface area contributed by atoms with Gasteiger partial charge >= 0.3 is 0 Å². The average Bonchev–Trinajstić information content (AvgIpc) is 2.48. The lowest BCUT2D eigenvalue weighted by Crippen LogP contribution is -2.18. The van der Waals surface area contributed by atoms with Crippen molar-refractivity contribution in [2.75, 3.05) is 6.61 Å². The van der Waals surface area contributed by atoms with Crippen LogP contribution in [0.5, 0.6) is 11.5 Å². The van der Waals surface area contributed by atoms with Crippen LogP contribution in [0.3, 0.4) is 0 Å². The number of benzene rings is 2. The average molecular weight is 298 g/mol. The molecule has 22 heavy (non-hydrogen) atoms. The largest absolute Gasteiger partial charge is 0.508 e. The summed E-state index contributed by atoms with van der Waals surface area (Å²) >= 11 is 0. The second-order valence-corrected chi connectivity index (χ2v) is 6.73. The summed E-state index contributed by atoms with van der Waals surface area (Å²) in [5.41, 5.74) is 2.30. The van der Waals surface area contributed by atoms with Crippen molar-refractivity contribution in [3.05, 3.63) is 59.7 Å². The van der Waals surface area contributed by atoms with Crippen molar-refractivity contribution in [1.82, 2.24) is 0 Å². The van der Waals surface area contributed by atoms with Gasteiger partial charge in [-0.05, 0) is 47.7 Å². The molecule has 0 unspecified atom stereocenters. The third kappa shape index (κ3) is 4.03. The summed E-state index contributed by atoms with van der Waals surface area (Å²) in [5.74, 6) is 1.88. The van der Waals surface area contributed by atoms with Crippen molar-refractivity contribution in [2.45, 2.75) is 39.5 Å². The van der Waals surface area contributed by atoms with E-state index in [4.69, 9.17) is 4.74 Å². The molecule has 0 radical (unpaired) electrons. The highest BCUT2D eigenvalue weighted by molar-refractivity contribution is 5.41.